The number of amides is 1. The highest BCUT2D eigenvalue weighted by molar-refractivity contribution is 9.10. The number of nitrogens with zero attached hydrogens (tertiary/aromatic N) is 1. The van der Waals surface area contributed by atoms with Gasteiger partial charge in [0.05, 0.1) is 25.0 Å². The molecule has 1 heterocycles. The van der Waals surface area contributed by atoms with Gasteiger partial charge in [0.1, 0.15) is 10.8 Å². The van der Waals surface area contributed by atoms with E-state index in [2.05, 4.69) is 26.1 Å². The van der Waals surface area contributed by atoms with Crippen molar-refractivity contribution < 1.29 is 23.4 Å². The SMILES string of the molecule is COc1cc(C(=S)N2C[C@H](C)O[C@@H](C)C2)ccc1OCC(=O)Nc1ccc(Br)cc1F. The van der Waals surface area contributed by atoms with E-state index in [0.29, 0.717) is 21.0 Å². The summed E-state index contributed by atoms with van der Waals surface area (Å²) >= 11 is 8.85. The molecule has 0 bridgehead atoms. The first-order valence-corrected chi connectivity index (χ1v) is 11.0. The lowest BCUT2D eigenvalue weighted by Gasteiger charge is -2.37. The van der Waals surface area contributed by atoms with Crippen LogP contribution in [0.1, 0.15) is 19.4 Å². The summed E-state index contributed by atoms with van der Waals surface area (Å²) in [6.07, 6.45) is 0.195. The van der Waals surface area contributed by atoms with Crippen molar-refractivity contribution in [2.24, 2.45) is 0 Å². The summed E-state index contributed by atoms with van der Waals surface area (Å²) in [5.41, 5.74) is 0.903. The maximum absolute atomic E-state index is 13.9. The Balaban J connectivity index is 1.64. The van der Waals surface area contributed by atoms with E-state index in [1.54, 1.807) is 18.2 Å². The molecule has 0 unspecified atom stereocenters. The predicted molar refractivity (Wildman–Crippen MR) is 125 cm³/mol. The van der Waals surface area contributed by atoms with Gasteiger partial charge in [-0.15, -0.1) is 0 Å². The molecule has 1 N–H and O–H groups in total. The molecule has 0 aromatic heterocycles. The lowest BCUT2D eigenvalue weighted by Crippen LogP contribution is -2.47. The van der Waals surface area contributed by atoms with Gasteiger partial charge >= 0.3 is 0 Å². The number of halogens is 2. The van der Waals surface area contributed by atoms with Crippen LogP contribution in [0, 0.1) is 5.82 Å². The number of hydrogen-bond acceptors (Lipinski definition) is 5. The first-order valence-electron chi connectivity index (χ1n) is 9.77. The Bertz CT molecular complexity index is 965. The lowest BCUT2D eigenvalue weighted by atomic mass is 10.1. The van der Waals surface area contributed by atoms with Gasteiger partial charge in [0.25, 0.3) is 5.91 Å². The van der Waals surface area contributed by atoms with Crippen molar-refractivity contribution in [3.8, 4) is 11.5 Å². The summed E-state index contributed by atoms with van der Waals surface area (Å²) < 4.78 is 31.3. The molecule has 6 nitrogen and oxygen atoms in total. The minimum absolute atomic E-state index is 0.0819. The maximum atomic E-state index is 13.9. The molecular weight excluding hydrogens is 487 g/mol. The fraction of sp³-hybridized carbons (Fsp3) is 0.364. The Morgan fingerprint density at radius 3 is 2.58 bits per heavy atom. The largest absolute Gasteiger partial charge is 0.493 e. The Kier molecular flexibility index (Phi) is 7.85. The molecule has 1 amide bonds. The monoisotopic (exact) mass is 510 g/mol. The second-order valence-corrected chi connectivity index (χ2v) is 8.60. The second kappa shape index (κ2) is 10.4. The summed E-state index contributed by atoms with van der Waals surface area (Å²) in [6.45, 7) is 5.18. The van der Waals surface area contributed by atoms with E-state index >= 15 is 0 Å². The number of rotatable bonds is 6. The quantitative estimate of drug-likeness (QED) is 0.581. The Labute approximate surface area is 194 Å². The van der Waals surface area contributed by atoms with Crippen molar-refractivity contribution in [3.63, 3.8) is 0 Å². The van der Waals surface area contributed by atoms with E-state index in [4.69, 9.17) is 26.4 Å². The van der Waals surface area contributed by atoms with Crippen LogP contribution in [0.3, 0.4) is 0 Å². The third-order valence-electron chi connectivity index (χ3n) is 4.68. The van der Waals surface area contributed by atoms with Gasteiger partial charge in [-0.3, -0.25) is 4.79 Å². The van der Waals surface area contributed by atoms with E-state index in [9.17, 15) is 9.18 Å². The number of thiocarbonyl (C=S) groups is 1. The van der Waals surface area contributed by atoms with Gasteiger partial charge < -0.3 is 24.4 Å². The van der Waals surface area contributed by atoms with Crippen LogP contribution in [0.15, 0.2) is 40.9 Å². The summed E-state index contributed by atoms with van der Waals surface area (Å²) in [5, 5.41) is 2.49. The molecular formula is C22H24BrFN2O4S. The second-order valence-electron chi connectivity index (χ2n) is 7.29. The Morgan fingerprint density at radius 2 is 1.94 bits per heavy atom. The van der Waals surface area contributed by atoms with Crippen LogP contribution < -0.4 is 14.8 Å². The van der Waals surface area contributed by atoms with Crippen LogP contribution in [0.5, 0.6) is 11.5 Å². The van der Waals surface area contributed by atoms with Crippen LogP contribution in [-0.4, -0.2) is 54.8 Å². The van der Waals surface area contributed by atoms with E-state index in [1.807, 2.05) is 19.9 Å². The molecule has 2 aromatic carbocycles. The van der Waals surface area contributed by atoms with Crippen LogP contribution >= 0.6 is 28.1 Å². The van der Waals surface area contributed by atoms with E-state index in [1.165, 1.54) is 19.2 Å². The van der Waals surface area contributed by atoms with Gasteiger partial charge in [0, 0.05) is 23.1 Å². The van der Waals surface area contributed by atoms with E-state index in [0.717, 1.165) is 18.7 Å². The zero-order valence-electron chi connectivity index (χ0n) is 17.5. The number of ether oxygens (including phenoxy) is 3. The normalized spacial score (nSPS) is 18.4. The summed E-state index contributed by atoms with van der Waals surface area (Å²) in [7, 11) is 1.52. The highest BCUT2D eigenvalue weighted by atomic mass is 79.9. The number of methoxy groups -OCH3 is 1. The zero-order valence-corrected chi connectivity index (χ0v) is 19.9. The molecule has 0 spiro atoms. The molecule has 1 fully saturated rings. The number of anilines is 1. The minimum atomic E-state index is -0.537. The molecule has 0 aliphatic carbocycles. The van der Waals surface area contributed by atoms with Crippen LogP contribution in [0.4, 0.5) is 10.1 Å². The van der Waals surface area contributed by atoms with Crippen molar-refractivity contribution in [3.05, 3.63) is 52.3 Å². The first-order chi connectivity index (χ1) is 14.8. The fourth-order valence-electron chi connectivity index (χ4n) is 3.37. The number of carbonyl (C=O) groups excluding carboxylic acids is 1. The molecule has 2 atom stereocenters. The molecule has 1 aliphatic rings. The molecule has 31 heavy (non-hydrogen) atoms. The number of carbonyl (C=O) groups is 1. The van der Waals surface area contributed by atoms with Gasteiger partial charge in [-0.1, -0.05) is 28.1 Å². The van der Waals surface area contributed by atoms with Gasteiger partial charge in [-0.25, -0.2) is 4.39 Å². The average molecular weight is 511 g/mol. The highest BCUT2D eigenvalue weighted by Gasteiger charge is 2.25. The fourth-order valence-corrected chi connectivity index (χ4v) is 3.98. The first kappa shape index (κ1) is 23.4. The Morgan fingerprint density at radius 1 is 1.23 bits per heavy atom. The van der Waals surface area contributed by atoms with Crippen molar-refractivity contribution in [1.82, 2.24) is 4.90 Å². The van der Waals surface area contributed by atoms with E-state index < -0.39 is 11.7 Å². The third-order valence-corrected chi connectivity index (χ3v) is 5.67. The summed E-state index contributed by atoms with van der Waals surface area (Å²) in [4.78, 5) is 15.0. The molecule has 3 rings (SSSR count). The Hall–Kier alpha value is -2.23. The molecule has 0 saturated carbocycles. The number of morpholine rings is 1. The lowest BCUT2D eigenvalue weighted by molar-refractivity contribution is -0.118. The highest BCUT2D eigenvalue weighted by Crippen LogP contribution is 2.29. The van der Waals surface area contributed by atoms with Gasteiger partial charge in [0.2, 0.25) is 0 Å². The molecule has 0 radical (unpaired) electrons. The van der Waals surface area contributed by atoms with Gasteiger partial charge in [-0.05, 0) is 50.2 Å². The van der Waals surface area contributed by atoms with Crippen molar-refractivity contribution in [2.75, 3.05) is 32.1 Å². The van der Waals surface area contributed by atoms with Crippen molar-refractivity contribution in [2.45, 2.75) is 26.1 Å². The number of hydrogen-bond donors (Lipinski definition) is 1. The average Bonchev–Trinajstić information content (AvgIpc) is 2.73. The topological polar surface area (TPSA) is 60.0 Å². The molecule has 1 aliphatic heterocycles. The van der Waals surface area contributed by atoms with Crippen molar-refractivity contribution in [1.29, 1.82) is 0 Å². The summed E-state index contributed by atoms with van der Waals surface area (Å²) in [6, 6.07) is 9.71. The molecule has 9 heteroatoms. The maximum Gasteiger partial charge on any atom is 0.262 e. The predicted octanol–water partition coefficient (Wildman–Crippen LogP) is 4.40. The third kappa shape index (κ3) is 6.15. The number of benzene rings is 2. The molecule has 2 aromatic rings. The van der Waals surface area contributed by atoms with Crippen molar-refractivity contribution >= 4 is 44.7 Å². The van der Waals surface area contributed by atoms with Crippen LogP contribution in [0.2, 0.25) is 0 Å². The zero-order chi connectivity index (χ0) is 22.5. The molecule has 1 saturated heterocycles. The standard InChI is InChI=1S/C22H24BrFN2O4S/c1-13-10-26(11-14(2)30-13)22(31)15-4-7-19(20(8-15)28-3)29-12-21(27)25-18-6-5-16(23)9-17(18)24/h4-9,13-14H,10-12H2,1-3H3,(H,25,27)/t13-,14-/m0/s1. The minimum Gasteiger partial charge on any atom is -0.493 e. The van der Waals surface area contributed by atoms with Gasteiger partial charge in [-0.2, -0.15) is 0 Å². The number of nitrogens with one attached hydrogen (secondary N) is 1. The smallest absolute Gasteiger partial charge is 0.262 e. The molecule has 166 valence electrons. The summed E-state index contributed by atoms with van der Waals surface area (Å²) in [5.74, 6) is -0.176. The van der Waals surface area contributed by atoms with Gasteiger partial charge in [0.15, 0.2) is 18.1 Å². The van der Waals surface area contributed by atoms with E-state index in [-0.39, 0.29) is 24.5 Å². The van der Waals surface area contributed by atoms with Crippen LogP contribution in [-0.2, 0) is 9.53 Å². The van der Waals surface area contributed by atoms with Crippen LogP contribution in [0.25, 0.3) is 0 Å².